The topological polar surface area (TPSA) is 66.9 Å². The minimum Gasteiger partial charge on any atom is -0.478 e. The highest BCUT2D eigenvalue weighted by molar-refractivity contribution is 7.88. The summed E-state index contributed by atoms with van der Waals surface area (Å²) in [4.78, 5) is 14.5. The summed E-state index contributed by atoms with van der Waals surface area (Å²) in [5.74, 6) is 0.401. The van der Waals surface area contributed by atoms with Gasteiger partial charge in [0.25, 0.3) is 5.91 Å². The molecular weight excluding hydrogens is 352 g/mol. The number of sulfonamides is 1. The molecule has 1 amide bonds. The average Bonchev–Trinajstić information content (AvgIpc) is 2.74. The molecule has 0 atom stereocenters. The first-order valence-electron chi connectivity index (χ1n) is 7.79. The standard InChI is InChI=1S/C16H23ClN2O4S/c1-16(2,23-14-7-5-13(17)6-8-14)15(20)18-9-4-10-19(12-11-18)24(3,21)22/h5-8H,4,9-12H2,1-3H3. The maximum Gasteiger partial charge on any atom is 0.266 e. The van der Waals surface area contributed by atoms with Gasteiger partial charge in [-0.05, 0) is 44.5 Å². The van der Waals surface area contributed by atoms with Crippen LogP contribution < -0.4 is 4.74 Å². The first kappa shape index (κ1) is 19.0. The van der Waals surface area contributed by atoms with Crippen LogP contribution in [0.15, 0.2) is 24.3 Å². The van der Waals surface area contributed by atoms with E-state index in [-0.39, 0.29) is 5.91 Å². The van der Waals surface area contributed by atoms with Gasteiger partial charge in [0.2, 0.25) is 10.0 Å². The Kier molecular flexibility index (Phi) is 5.78. The number of benzene rings is 1. The molecule has 24 heavy (non-hydrogen) atoms. The van der Waals surface area contributed by atoms with Gasteiger partial charge in [0.1, 0.15) is 5.75 Å². The third-order valence-electron chi connectivity index (χ3n) is 3.91. The van der Waals surface area contributed by atoms with Gasteiger partial charge in [-0.25, -0.2) is 12.7 Å². The van der Waals surface area contributed by atoms with E-state index in [1.807, 2.05) is 0 Å². The highest BCUT2D eigenvalue weighted by Gasteiger charge is 2.35. The molecule has 0 aliphatic carbocycles. The number of carbonyl (C=O) groups is 1. The molecular formula is C16H23ClN2O4S. The number of rotatable bonds is 4. The van der Waals surface area contributed by atoms with Crippen molar-refractivity contribution in [1.29, 1.82) is 0 Å². The van der Waals surface area contributed by atoms with E-state index in [2.05, 4.69) is 0 Å². The highest BCUT2D eigenvalue weighted by Crippen LogP contribution is 2.23. The van der Waals surface area contributed by atoms with Crippen LogP contribution in [0.1, 0.15) is 20.3 Å². The average molecular weight is 375 g/mol. The second-order valence-electron chi connectivity index (χ2n) is 6.37. The molecule has 0 unspecified atom stereocenters. The molecule has 1 aromatic rings. The molecule has 0 aromatic heterocycles. The van der Waals surface area contributed by atoms with Crippen molar-refractivity contribution < 1.29 is 17.9 Å². The Morgan fingerprint density at radius 1 is 1.12 bits per heavy atom. The van der Waals surface area contributed by atoms with Crippen LogP contribution in [0.2, 0.25) is 5.02 Å². The predicted molar refractivity (Wildman–Crippen MR) is 93.8 cm³/mol. The van der Waals surface area contributed by atoms with Crippen molar-refractivity contribution in [2.24, 2.45) is 0 Å². The van der Waals surface area contributed by atoms with Gasteiger partial charge in [0, 0.05) is 31.2 Å². The van der Waals surface area contributed by atoms with Crippen molar-refractivity contribution in [3.05, 3.63) is 29.3 Å². The molecule has 1 fully saturated rings. The van der Waals surface area contributed by atoms with E-state index >= 15 is 0 Å². The molecule has 1 saturated heterocycles. The van der Waals surface area contributed by atoms with Gasteiger partial charge >= 0.3 is 0 Å². The van der Waals surface area contributed by atoms with Crippen LogP contribution in [0.3, 0.4) is 0 Å². The summed E-state index contributed by atoms with van der Waals surface area (Å²) in [7, 11) is -3.23. The third-order valence-corrected chi connectivity index (χ3v) is 5.47. The third kappa shape index (κ3) is 4.84. The summed E-state index contributed by atoms with van der Waals surface area (Å²) in [6, 6.07) is 6.83. The van der Waals surface area contributed by atoms with Crippen LogP contribution in [-0.2, 0) is 14.8 Å². The van der Waals surface area contributed by atoms with Crippen LogP contribution in [0.5, 0.6) is 5.75 Å². The van der Waals surface area contributed by atoms with E-state index in [1.165, 1.54) is 10.6 Å². The van der Waals surface area contributed by atoms with Crippen molar-refractivity contribution in [3.63, 3.8) is 0 Å². The zero-order valence-electron chi connectivity index (χ0n) is 14.2. The van der Waals surface area contributed by atoms with Gasteiger partial charge < -0.3 is 9.64 Å². The van der Waals surface area contributed by atoms with E-state index in [4.69, 9.17) is 16.3 Å². The molecule has 0 bridgehead atoms. The first-order valence-corrected chi connectivity index (χ1v) is 10.0. The molecule has 0 spiro atoms. The van der Waals surface area contributed by atoms with Gasteiger partial charge in [-0.1, -0.05) is 11.6 Å². The zero-order chi connectivity index (χ0) is 18.0. The molecule has 6 nitrogen and oxygen atoms in total. The van der Waals surface area contributed by atoms with Crippen molar-refractivity contribution >= 4 is 27.5 Å². The Balaban J connectivity index is 2.05. The van der Waals surface area contributed by atoms with Crippen LogP contribution in [0, 0.1) is 0 Å². The van der Waals surface area contributed by atoms with E-state index in [1.54, 1.807) is 43.0 Å². The number of halogens is 1. The van der Waals surface area contributed by atoms with E-state index in [0.717, 1.165) is 0 Å². The normalized spacial score (nSPS) is 17.4. The summed E-state index contributed by atoms with van der Waals surface area (Å²) < 4.78 is 30.6. The summed E-state index contributed by atoms with van der Waals surface area (Å²) in [5, 5.41) is 0.597. The molecule has 1 aliphatic heterocycles. The lowest BCUT2D eigenvalue weighted by molar-refractivity contribution is -0.145. The Bertz CT molecular complexity index is 689. The fourth-order valence-corrected chi connectivity index (χ4v) is 3.65. The quantitative estimate of drug-likeness (QED) is 0.808. The molecule has 1 aliphatic rings. The summed E-state index contributed by atoms with van der Waals surface area (Å²) >= 11 is 5.85. The summed E-state index contributed by atoms with van der Waals surface area (Å²) in [6.45, 7) is 5.03. The van der Waals surface area contributed by atoms with Crippen molar-refractivity contribution in [3.8, 4) is 5.75 Å². The summed E-state index contributed by atoms with van der Waals surface area (Å²) in [6.07, 6.45) is 1.80. The number of hydrogen-bond acceptors (Lipinski definition) is 4. The monoisotopic (exact) mass is 374 g/mol. The van der Waals surface area contributed by atoms with Crippen molar-refractivity contribution in [1.82, 2.24) is 9.21 Å². The number of hydrogen-bond donors (Lipinski definition) is 0. The largest absolute Gasteiger partial charge is 0.478 e. The fraction of sp³-hybridized carbons (Fsp3) is 0.562. The Labute approximate surface area is 148 Å². The number of ether oxygens (including phenoxy) is 1. The fourth-order valence-electron chi connectivity index (χ4n) is 2.65. The SMILES string of the molecule is CC(C)(Oc1ccc(Cl)cc1)C(=O)N1CCCN(S(C)(=O)=O)CC1. The predicted octanol–water partition coefficient (Wildman–Crippen LogP) is 1.99. The number of amides is 1. The number of carbonyl (C=O) groups excluding carboxylic acids is 1. The number of nitrogens with zero attached hydrogens (tertiary/aromatic N) is 2. The maximum absolute atomic E-state index is 12.8. The lowest BCUT2D eigenvalue weighted by Gasteiger charge is -2.31. The molecule has 1 heterocycles. The Morgan fingerprint density at radius 2 is 1.75 bits per heavy atom. The highest BCUT2D eigenvalue weighted by atomic mass is 35.5. The van der Waals surface area contributed by atoms with Crippen LogP contribution >= 0.6 is 11.6 Å². The van der Waals surface area contributed by atoms with Gasteiger partial charge in [-0.15, -0.1) is 0 Å². The molecule has 1 aromatic carbocycles. The van der Waals surface area contributed by atoms with Crippen molar-refractivity contribution in [2.75, 3.05) is 32.4 Å². The van der Waals surface area contributed by atoms with E-state index < -0.39 is 15.6 Å². The second kappa shape index (κ2) is 7.29. The molecule has 0 saturated carbocycles. The molecule has 0 radical (unpaired) electrons. The lowest BCUT2D eigenvalue weighted by atomic mass is 10.1. The first-order chi connectivity index (χ1) is 11.1. The minimum absolute atomic E-state index is 0.159. The van der Waals surface area contributed by atoms with Crippen LogP contribution in [-0.4, -0.2) is 61.6 Å². The maximum atomic E-state index is 12.8. The smallest absolute Gasteiger partial charge is 0.266 e. The van der Waals surface area contributed by atoms with Gasteiger partial charge in [-0.3, -0.25) is 4.79 Å². The Hall–Kier alpha value is -1.31. The van der Waals surface area contributed by atoms with E-state index in [0.29, 0.717) is 43.4 Å². The zero-order valence-corrected chi connectivity index (χ0v) is 15.7. The van der Waals surface area contributed by atoms with Crippen LogP contribution in [0.4, 0.5) is 0 Å². The van der Waals surface area contributed by atoms with E-state index in [9.17, 15) is 13.2 Å². The molecule has 8 heteroatoms. The molecule has 2 rings (SSSR count). The lowest BCUT2D eigenvalue weighted by Crippen LogP contribution is -2.50. The molecule has 0 N–H and O–H groups in total. The Morgan fingerprint density at radius 3 is 2.33 bits per heavy atom. The van der Waals surface area contributed by atoms with Crippen molar-refractivity contribution in [2.45, 2.75) is 25.9 Å². The molecule has 134 valence electrons. The van der Waals surface area contributed by atoms with Gasteiger partial charge in [-0.2, -0.15) is 0 Å². The van der Waals surface area contributed by atoms with Gasteiger partial charge in [0.15, 0.2) is 5.60 Å². The second-order valence-corrected chi connectivity index (χ2v) is 8.79. The summed E-state index contributed by atoms with van der Waals surface area (Å²) in [5.41, 5.74) is -1.05. The minimum atomic E-state index is -3.23. The van der Waals surface area contributed by atoms with Gasteiger partial charge in [0.05, 0.1) is 6.26 Å². The van der Waals surface area contributed by atoms with Crippen LogP contribution in [0.25, 0.3) is 0 Å².